The normalized spacial score (nSPS) is 18.3. The first kappa shape index (κ1) is 15.2. The maximum atomic E-state index is 12.2. The van der Waals surface area contributed by atoms with Crippen molar-refractivity contribution in [1.82, 2.24) is 14.9 Å². The van der Waals surface area contributed by atoms with Crippen LogP contribution in [-0.4, -0.2) is 45.9 Å². The van der Waals surface area contributed by atoms with Gasteiger partial charge in [0, 0.05) is 25.0 Å². The van der Waals surface area contributed by atoms with Crippen LogP contribution in [0.15, 0.2) is 12.4 Å². The number of aromatic nitrogens is 2. The van der Waals surface area contributed by atoms with E-state index < -0.39 is 5.97 Å². The molecule has 1 aromatic rings. The lowest BCUT2D eigenvalue weighted by atomic mass is 10.00. The third kappa shape index (κ3) is 3.68. The Balaban J connectivity index is 1.91. The molecule has 1 amide bonds. The Morgan fingerprint density at radius 2 is 2.14 bits per heavy atom. The Hall–Kier alpha value is -2.18. The van der Waals surface area contributed by atoms with Crippen LogP contribution in [0.5, 0.6) is 0 Å². The van der Waals surface area contributed by atoms with Gasteiger partial charge >= 0.3 is 5.97 Å². The molecule has 21 heavy (non-hydrogen) atoms. The van der Waals surface area contributed by atoms with Gasteiger partial charge in [-0.25, -0.2) is 14.8 Å². The number of nitrogens with two attached hydrogens (primary N) is 1. The number of esters is 1. The molecule has 1 atom stereocenters. The highest BCUT2D eigenvalue weighted by Gasteiger charge is 2.26. The largest absolute Gasteiger partial charge is 0.451 e. The molecule has 7 heteroatoms. The highest BCUT2D eigenvalue weighted by atomic mass is 16.5. The zero-order valence-corrected chi connectivity index (χ0v) is 12.1. The molecule has 0 aromatic carbocycles. The fourth-order valence-corrected chi connectivity index (χ4v) is 2.54. The molecule has 0 radical (unpaired) electrons. The summed E-state index contributed by atoms with van der Waals surface area (Å²) in [5, 5.41) is 0. The van der Waals surface area contributed by atoms with Crippen LogP contribution in [0.4, 0.5) is 5.82 Å². The lowest BCUT2D eigenvalue weighted by molar-refractivity contribution is -0.138. The van der Waals surface area contributed by atoms with Crippen molar-refractivity contribution in [2.24, 2.45) is 0 Å². The Kier molecular flexibility index (Phi) is 5.08. The highest BCUT2D eigenvalue weighted by Crippen LogP contribution is 2.19. The second-order valence-corrected chi connectivity index (χ2v) is 5.01. The lowest BCUT2D eigenvalue weighted by Crippen LogP contribution is -2.45. The SMILES string of the molecule is CC[C@@H]1CCCCN1C(=O)COC(=O)c1nccnc1N. The maximum absolute atomic E-state index is 12.2. The Bertz CT molecular complexity index is 521. The zero-order valence-electron chi connectivity index (χ0n) is 12.1. The number of nitrogens with zero attached hydrogens (tertiary/aromatic N) is 3. The van der Waals surface area contributed by atoms with E-state index in [1.54, 1.807) is 4.90 Å². The van der Waals surface area contributed by atoms with Crippen molar-refractivity contribution in [3.05, 3.63) is 18.1 Å². The number of hydrogen-bond acceptors (Lipinski definition) is 6. The van der Waals surface area contributed by atoms with Crippen LogP contribution < -0.4 is 5.73 Å². The number of ether oxygens (including phenoxy) is 1. The van der Waals surface area contributed by atoms with E-state index in [9.17, 15) is 9.59 Å². The van der Waals surface area contributed by atoms with Gasteiger partial charge < -0.3 is 15.4 Å². The summed E-state index contributed by atoms with van der Waals surface area (Å²) in [4.78, 5) is 33.4. The molecule has 1 aliphatic heterocycles. The van der Waals surface area contributed by atoms with Crippen LogP contribution in [0.25, 0.3) is 0 Å². The molecule has 1 saturated heterocycles. The van der Waals surface area contributed by atoms with Crippen molar-refractivity contribution in [1.29, 1.82) is 0 Å². The monoisotopic (exact) mass is 292 g/mol. The fraction of sp³-hybridized carbons (Fsp3) is 0.571. The van der Waals surface area contributed by atoms with Gasteiger partial charge in [0.2, 0.25) is 0 Å². The third-order valence-electron chi connectivity index (χ3n) is 3.67. The van der Waals surface area contributed by atoms with Crippen molar-refractivity contribution < 1.29 is 14.3 Å². The van der Waals surface area contributed by atoms with E-state index in [0.29, 0.717) is 0 Å². The van der Waals surface area contributed by atoms with Gasteiger partial charge in [-0.1, -0.05) is 6.92 Å². The van der Waals surface area contributed by atoms with E-state index in [0.717, 1.165) is 32.2 Å². The van der Waals surface area contributed by atoms with E-state index in [1.165, 1.54) is 12.4 Å². The van der Waals surface area contributed by atoms with E-state index in [4.69, 9.17) is 10.5 Å². The molecule has 2 rings (SSSR count). The minimum absolute atomic E-state index is 0.000596. The average molecular weight is 292 g/mol. The van der Waals surface area contributed by atoms with Crippen LogP contribution in [0.1, 0.15) is 43.1 Å². The van der Waals surface area contributed by atoms with Gasteiger partial charge in [0.25, 0.3) is 5.91 Å². The fourth-order valence-electron chi connectivity index (χ4n) is 2.54. The summed E-state index contributed by atoms with van der Waals surface area (Å²) in [6, 6.07) is 0.242. The van der Waals surface area contributed by atoms with Gasteiger partial charge in [0.15, 0.2) is 18.1 Å². The molecule has 2 N–H and O–H groups in total. The minimum Gasteiger partial charge on any atom is -0.451 e. The molecule has 0 aliphatic carbocycles. The topological polar surface area (TPSA) is 98.4 Å². The summed E-state index contributed by atoms with van der Waals surface area (Å²) < 4.78 is 5.00. The standard InChI is InChI=1S/C14H20N4O3/c1-2-10-5-3-4-8-18(10)11(19)9-21-14(20)12-13(15)17-7-6-16-12/h6-7,10H,2-5,8-9H2,1H3,(H2,15,17)/t10-/m1/s1. The summed E-state index contributed by atoms with van der Waals surface area (Å²) >= 11 is 0. The van der Waals surface area contributed by atoms with Crippen LogP contribution in [-0.2, 0) is 9.53 Å². The summed E-state index contributed by atoms with van der Waals surface area (Å²) in [7, 11) is 0. The number of nitrogen functional groups attached to an aromatic ring is 1. The number of carbonyl (C=O) groups is 2. The first-order valence-electron chi connectivity index (χ1n) is 7.16. The smallest absolute Gasteiger partial charge is 0.361 e. The molecule has 0 spiro atoms. The summed E-state index contributed by atoms with van der Waals surface area (Å²) in [6.07, 6.45) is 6.79. The molecule has 1 fully saturated rings. The molecule has 1 aromatic heterocycles. The predicted octanol–water partition coefficient (Wildman–Crippen LogP) is 1.01. The Labute approximate surface area is 123 Å². The van der Waals surface area contributed by atoms with Gasteiger partial charge in [0.05, 0.1) is 0 Å². The first-order chi connectivity index (χ1) is 10.1. The molecule has 114 valence electrons. The number of carbonyl (C=O) groups excluding carboxylic acids is 2. The number of rotatable bonds is 4. The van der Waals surface area contributed by atoms with Crippen molar-refractivity contribution in [2.45, 2.75) is 38.6 Å². The van der Waals surface area contributed by atoms with Gasteiger partial charge in [0.1, 0.15) is 0 Å². The van der Waals surface area contributed by atoms with Crippen LogP contribution in [0.3, 0.4) is 0 Å². The van der Waals surface area contributed by atoms with Crippen molar-refractivity contribution in [3.8, 4) is 0 Å². The summed E-state index contributed by atoms with van der Waals surface area (Å²) in [5.74, 6) is -0.893. The number of hydrogen-bond donors (Lipinski definition) is 1. The number of amides is 1. The van der Waals surface area contributed by atoms with E-state index in [-0.39, 0.29) is 30.1 Å². The molecule has 7 nitrogen and oxygen atoms in total. The van der Waals surface area contributed by atoms with Gasteiger partial charge in [-0.15, -0.1) is 0 Å². The van der Waals surface area contributed by atoms with Crippen LogP contribution in [0, 0.1) is 0 Å². The lowest BCUT2D eigenvalue weighted by Gasteiger charge is -2.35. The Morgan fingerprint density at radius 3 is 2.86 bits per heavy atom. The number of anilines is 1. The maximum Gasteiger partial charge on any atom is 0.361 e. The quantitative estimate of drug-likeness (QED) is 0.831. The molecular weight excluding hydrogens is 272 g/mol. The average Bonchev–Trinajstić information content (AvgIpc) is 2.52. The predicted molar refractivity (Wildman–Crippen MR) is 76.4 cm³/mol. The van der Waals surface area contributed by atoms with Gasteiger partial charge in [-0.2, -0.15) is 0 Å². The third-order valence-corrected chi connectivity index (χ3v) is 3.67. The van der Waals surface area contributed by atoms with E-state index in [1.807, 2.05) is 0 Å². The molecule has 0 unspecified atom stereocenters. The van der Waals surface area contributed by atoms with E-state index in [2.05, 4.69) is 16.9 Å². The second kappa shape index (κ2) is 7.01. The van der Waals surface area contributed by atoms with Crippen molar-refractivity contribution in [3.63, 3.8) is 0 Å². The zero-order chi connectivity index (χ0) is 15.2. The molecule has 1 aliphatic rings. The first-order valence-corrected chi connectivity index (χ1v) is 7.16. The number of likely N-dealkylation sites (tertiary alicyclic amines) is 1. The van der Waals surface area contributed by atoms with E-state index >= 15 is 0 Å². The molecule has 2 heterocycles. The molecule has 0 bridgehead atoms. The second-order valence-electron chi connectivity index (χ2n) is 5.01. The summed E-state index contributed by atoms with van der Waals surface area (Å²) in [5.41, 5.74) is 5.49. The molecule has 0 saturated carbocycles. The van der Waals surface area contributed by atoms with Crippen LogP contribution in [0.2, 0.25) is 0 Å². The highest BCUT2D eigenvalue weighted by molar-refractivity contribution is 5.93. The Morgan fingerprint density at radius 1 is 1.38 bits per heavy atom. The number of piperidine rings is 1. The van der Waals surface area contributed by atoms with Crippen LogP contribution >= 0.6 is 0 Å². The van der Waals surface area contributed by atoms with Crippen molar-refractivity contribution >= 4 is 17.7 Å². The summed E-state index contributed by atoms with van der Waals surface area (Å²) in [6.45, 7) is 2.50. The molecular formula is C14H20N4O3. The van der Waals surface area contributed by atoms with Crippen molar-refractivity contribution in [2.75, 3.05) is 18.9 Å². The minimum atomic E-state index is -0.723. The van der Waals surface area contributed by atoms with Gasteiger partial charge in [-0.05, 0) is 25.7 Å². The van der Waals surface area contributed by atoms with Gasteiger partial charge in [-0.3, -0.25) is 4.79 Å².